The lowest BCUT2D eigenvalue weighted by atomic mass is 10.0. The van der Waals surface area contributed by atoms with Crippen molar-refractivity contribution in [3.8, 4) is 0 Å². The summed E-state index contributed by atoms with van der Waals surface area (Å²) in [6, 6.07) is 2.07. The summed E-state index contributed by atoms with van der Waals surface area (Å²) < 4.78 is 0. The molecule has 78 valence electrons. The van der Waals surface area contributed by atoms with Gasteiger partial charge in [-0.3, -0.25) is 0 Å². The Morgan fingerprint density at radius 1 is 1.50 bits per heavy atom. The lowest BCUT2D eigenvalue weighted by molar-refractivity contribution is 0.168. The van der Waals surface area contributed by atoms with Crippen LogP contribution in [0.25, 0.3) is 0 Å². The molecule has 1 N–H and O–H groups in total. The molecule has 0 aromatic carbocycles. The number of hydrogen-bond acceptors (Lipinski definition) is 3. The fourth-order valence-electron chi connectivity index (χ4n) is 1.92. The molecule has 1 aliphatic rings. The first-order valence-corrected chi connectivity index (χ1v) is 7.05. The van der Waals surface area contributed by atoms with Crippen LogP contribution in [-0.2, 0) is 0 Å². The third kappa shape index (κ3) is 2.15. The van der Waals surface area contributed by atoms with Crippen molar-refractivity contribution in [2.24, 2.45) is 0 Å². The Morgan fingerprint density at radius 2 is 2.36 bits per heavy atom. The third-order valence-corrected chi connectivity index (χ3v) is 5.09. The summed E-state index contributed by atoms with van der Waals surface area (Å²) in [4.78, 5) is 1.27. The number of hydrogen-bond donors (Lipinski definition) is 1. The maximum atomic E-state index is 10.2. The Kier molecular flexibility index (Phi) is 3.52. The highest BCUT2D eigenvalue weighted by Crippen LogP contribution is 2.36. The topological polar surface area (TPSA) is 20.2 Å². The van der Waals surface area contributed by atoms with Crippen LogP contribution in [0.1, 0.15) is 35.8 Å². The zero-order chi connectivity index (χ0) is 9.97. The van der Waals surface area contributed by atoms with Gasteiger partial charge in [-0.05, 0) is 42.5 Å². The molecule has 2 rings (SSSR count). The first kappa shape index (κ1) is 10.5. The second kappa shape index (κ2) is 4.69. The molecule has 0 aliphatic carbocycles. The van der Waals surface area contributed by atoms with Gasteiger partial charge in [0, 0.05) is 10.1 Å². The quantitative estimate of drug-likeness (QED) is 0.837. The summed E-state index contributed by atoms with van der Waals surface area (Å²) in [5, 5.41) is 12.7. The third-order valence-electron chi connectivity index (χ3n) is 2.78. The minimum Gasteiger partial charge on any atom is -0.387 e. The molecular weight excluding hydrogens is 212 g/mol. The Morgan fingerprint density at radius 3 is 2.93 bits per heavy atom. The fraction of sp³-hybridized carbons (Fsp3) is 0.636. The van der Waals surface area contributed by atoms with Crippen molar-refractivity contribution in [2.75, 3.05) is 5.75 Å². The summed E-state index contributed by atoms with van der Waals surface area (Å²) in [7, 11) is 0. The molecule has 0 bridgehead atoms. The first-order chi connectivity index (χ1) is 6.79. The van der Waals surface area contributed by atoms with Gasteiger partial charge in [-0.15, -0.1) is 11.3 Å². The van der Waals surface area contributed by atoms with E-state index >= 15 is 0 Å². The Hall–Kier alpha value is 0.01000. The maximum absolute atomic E-state index is 10.2. The Balaban J connectivity index is 2.07. The largest absolute Gasteiger partial charge is 0.387 e. The molecule has 1 nitrogen and oxygen atoms in total. The van der Waals surface area contributed by atoms with Crippen LogP contribution in [0.3, 0.4) is 0 Å². The van der Waals surface area contributed by atoms with Crippen LogP contribution in [0.4, 0.5) is 0 Å². The second-order valence-corrected chi connectivity index (χ2v) is 6.25. The van der Waals surface area contributed by atoms with Crippen LogP contribution in [0.2, 0.25) is 0 Å². The van der Waals surface area contributed by atoms with Crippen molar-refractivity contribution in [3.63, 3.8) is 0 Å². The fourth-order valence-corrected chi connectivity index (χ4v) is 4.00. The zero-order valence-corrected chi connectivity index (χ0v) is 10.0. The monoisotopic (exact) mass is 228 g/mol. The van der Waals surface area contributed by atoms with Gasteiger partial charge in [0.15, 0.2) is 0 Å². The van der Waals surface area contributed by atoms with Crippen LogP contribution in [0, 0.1) is 6.92 Å². The molecule has 2 heterocycles. The van der Waals surface area contributed by atoms with Crippen LogP contribution in [0.15, 0.2) is 11.4 Å². The summed E-state index contributed by atoms with van der Waals surface area (Å²) >= 11 is 3.66. The molecule has 1 aromatic heterocycles. The molecular formula is C11H16OS2. The second-order valence-electron chi connectivity index (χ2n) is 3.78. The highest BCUT2D eigenvalue weighted by Gasteiger charge is 2.24. The van der Waals surface area contributed by atoms with E-state index in [-0.39, 0.29) is 6.10 Å². The van der Waals surface area contributed by atoms with Crippen molar-refractivity contribution >= 4 is 23.1 Å². The molecule has 1 aromatic rings. The van der Waals surface area contributed by atoms with Crippen LogP contribution in [-0.4, -0.2) is 16.1 Å². The van der Waals surface area contributed by atoms with E-state index in [4.69, 9.17) is 0 Å². The van der Waals surface area contributed by atoms with Gasteiger partial charge in [-0.1, -0.05) is 6.42 Å². The van der Waals surface area contributed by atoms with Crippen molar-refractivity contribution < 1.29 is 5.11 Å². The van der Waals surface area contributed by atoms with Gasteiger partial charge in [0.2, 0.25) is 0 Å². The molecule has 0 amide bonds. The molecule has 1 saturated heterocycles. The Bertz CT molecular complexity index is 289. The SMILES string of the molecule is Cc1sccc1C(O)C1CCCCS1. The number of aryl methyl sites for hydroxylation is 1. The highest BCUT2D eigenvalue weighted by molar-refractivity contribution is 7.99. The first-order valence-electron chi connectivity index (χ1n) is 5.12. The van der Waals surface area contributed by atoms with Gasteiger partial charge in [0.25, 0.3) is 0 Å². The van der Waals surface area contributed by atoms with Gasteiger partial charge >= 0.3 is 0 Å². The number of thioether (sulfide) groups is 1. The van der Waals surface area contributed by atoms with Crippen LogP contribution < -0.4 is 0 Å². The molecule has 14 heavy (non-hydrogen) atoms. The number of thiophene rings is 1. The minimum absolute atomic E-state index is 0.244. The van der Waals surface area contributed by atoms with E-state index in [1.165, 1.54) is 29.9 Å². The van der Waals surface area contributed by atoms with Crippen molar-refractivity contribution in [3.05, 3.63) is 21.9 Å². The zero-order valence-electron chi connectivity index (χ0n) is 8.40. The Labute approximate surface area is 93.5 Å². The van der Waals surface area contributed by atoms with E-state index in [2.05, 4.69) is 18.4 Å². The lowest BCUT2D eigenvalue weighted by Crippen LogP contribution is -2.19. The number of aliphatic hydroxyl groups excluding tert-OH is 1. The van der Waals surface area contributed by atoms with E-state index in [9.17, 15) is 5.11 Å². The molecule has 0 radical (unpaired) electrons. The van der Waals surface area contributed by atoms with E-state index in [0.29, 0.717) is 5.25 Å². The molecule has 3 heteroatoms. The minimum atomic E-state index is -0.244. The summed E-state index contributed by atoms with van der Waals surface area (Å²) in [5.41, 5.74) is 1.15. The van der Waals surface area contributed by atoms with E-state index < -0.39 is 0 Å². The van der Waals surface area contributed by atoms with E-state index in [0.717, 1.165) is 5.56 Å². The average Bonchev–Trinajstić information content (AvgIpc) is 2.65. The van der Waals surface area contributed by atoms with Crippen molar-refractivity contribution in [1.29, 1.82) is 0 Å². The average molecular weight is 228 g/mol. The van der Waals surface area contributed by atoms with Gasteiger partial charge in [-0.25, -0.2) is 0 Å². The maximum Gasteiger partial charge on any atom is 0.0919 e. The van der Waals surface area contributed by atoms with Gasteiger partial charge in [0.05, 0.1) is 6.10 Å². The molecule has 1 aliphatic heterocycles. The molecule has 0 saturated carbocycles. The smallest absolute Gasteiger partial charge is 0.0919 e. The van der Waals surface area contributed by atoms with Gasteiger partial charge < -0.3 is 5.11 Å². The van der Waals surface area contributed by atoms with Gasteiger partial charge in [-0.2, -0.15) is 11.8 Å². The van der Waals surface area contributed by atoms with Crippen LogP contribution >= 0.6 is 23.1 Å². The normalized spacial score (nSPS) is 24.9. The molecule has 1 fully saturated rings. The van der Waals surface area contributed by atoms with Crippen molar-refractivity contribution in [1.82, 2.24) is 0 Å². The van der Waals surface area contributed by atoms with Gasteiger partial charge in [0.1, 0.15) is 0 Å². The van der Waals surface area contributed by atoms with Crippen molar-refractivity contribution in [2.45, 2.75) is 37.5 Å². The van der Waals surface area contributed by atoms with E-state index in [1.54, 1.807) is 11.3 Å². The summed E-state index contributed by atoms with van der Waals surface area (Å²) in [6.45, 7) is 2.09. The predicted molar refractivity (Wildman–Crippen MR) is 64.1 cm³/mol. The molecule has 2 atom stereocenters. The highest BCUT2D eigenvalue weighted by atomic mass is 32.2. The standard InChI is InChI=1S/C11H16OS2/c1-8-9(5-7-13-8)11(12)10-4-2-3-6-14-10/h5,7,10-12H,2-4,6H2,1H3. The number of rotatable bonds is 2. The van der Waals surface area contributed by atoms with E-state index in [1.807, 2.05) is 11.8 Å². The predicted octanol–water partition coefficient (Wildman–Crippen LogP) is 3.38. The summed E-state index contributed by atoms with van der Waals surface area (Å²) in [6.07, 6.45) is 3.52. The molecule has 2 unspecified atom stereocenters. The van der Waals surface area contributed by atoms with Crippen LogP contribution in [0.5, 0.6) is 0 Å². The number of aliphatic hydroxyl groups is 1. The lowest BCUT2D eigenvalue weighted by Gasteiger charge is -2.26. The molecule has 0 spiro atoms. The summed E-state index contributed by atoms with van der Waals surface area (Å²) in [5.74, 6) is 1.21.